The molecule has 0 radical (unpaired) electrons. The molecule has 5 nitrogen and oxygen atoms in total. The summed E-state index contributed by atoms with van der Waals surface area (Å²) in [6.45, 7) is 3.57. The van der Waals surface area contributed by atoms with Crippen LogP contribution >= 0.6 is 0 Å². The molecule has 1 heterocycles. The molecule has 0 amide bonds. The van der Waals surface area contributed by atoms with Crippen LogP contribution in [0, 0.1) is 0 Å². The molecule has 0 aliphatic heterocycles. The van der Waals surface area contributed by atoms with E-state index in [-0.39, 0.29) is 6.42 Å². The van der Waals surface area contributed by atoms with Gasteiger partial charge >= 0.3 is 5.97 Å². The Kier molecular flexibility index (Phi) is 4.01. The van der Waals surface area contributed by atoms with E-state index in [0.717, 1.165) is 18.7 Å². The van der Waals surface area contributed by atoms with E-state index in [1.165, 1.54) is 18.4 Å². The molecule has 5 heteroatoms. The highest BCUT2D eigenvalue weighted by atomic mass is 16.4. The minimum absolute atomic E-state index is 0.220. The fraction of sp³-hybridized carbons (Fsp3) is 0.692. The van der Waals surface area contributed by atoms with Gasteiger partial charge in [0.15, 0.2) is 0 Å². The minimum atomic E-state index is -0.720. The normalized spacial score (nSPS) is 15.3. The summed E-state index contributed by atoms with van der Waals surface area (Å²) in [4.78, 5) is 13.0. The van der Waals surface area contributed by atoms with Crippen LogP contribution in [-0.2, 0) is 24.8 Å². The van der Waals surface area contributed by atoms with Gasteiger partial charge in [0.1, 0.15) is 0 Å². The van der Waals surface area contributed by atoms with Crippen molar-refractivity contribution in [1.29, 1.82) is 0 Å². The van der Waals surface area contributed by atoms with Crippen LogP contribution in [-0.4, -0.2) is 38.3 Å². The minimum Gasteiger partial charge on any atom is -0.481 e. The smallest absolute Gasteiger partial charge is 0.304 e. The molecule has 0 aromatic carbocycles. The fourth-order valence-electron chi connectivity index (χ4n) is 2.30. The Morgan fingerprint density at radius 3 is 2.89 bits per heavy atom. The van der Waals surface area contributed by atoms with Crippen LogP contribution in [0.1, 0.15) is 37.4 Å². The van der Waals surface area contributed by atoms with Crippen LogP contribution in [0.25, 0.3) is 0 Å². The Morgan fingerprint density at radius 2 is 2.33 bits per heavy atom. The predicted octanol–water partition coefficient (Wildman–Crippen LogP) is 1.42. The molecule has 1 aromatic rings. The second kappa shape index (κ2) is 5.52. The van der Waals surface area contributed by atoms with E-state index in [0.29, 0.717) is 12.6 Å². The average Bonchev–Trinajstić information content (AvgIpc) is 3.09. The van der Waals surface area contributed by atoms with E-state index >= 15 is 0 Å². The van der Waals surface area contributed by atoms with Crippen molar-refractivity contribution >= 4 is 5.97 Å². The first-order valence-corrected chi connectivity index (χ1v) is 6.57. The third kappa shape index (κ3) is 3.32. The highest BCUT2D eigenvalue weighted by Gasteiger charge is 2.29. The van der Waals surface area contributed by atoms with E-state index in [4.69, 9.17) is 5.11 Å². The fourth-order valence-corrected chi connectivity index (χ4v) is 2.30. The molecular weight excluding hydrogens is 230 g/mol. The monoisotopic (exact) mass is 251 g/mol. The van der Waals surface area contributed by atoms with E-state index in [9.17, 15) is 4.79 Å². The van der Waals surface area contributed by atoms with Gasteiger partial charge in [-0.3, -0.25) is 14.4 Å². The van der Waals surface area contributed by atoms with Crippen LogP contribution in [0.2, 0.25) is 0 Å². The summed E-state index contributed by atoms with van der Waals surface area (Å²) in [7, 11) is 1.93. The largest absolute Gasteiger partial charge is 0.481 e. The lowest BCUT2D eigenvalue weighted by Gasteiger charge is -2.20. The van der Waals surface area contributed by atoms with Gasteiger partial charge in [-0.15, -0.1) is 0 Å². The molecule has 0 spiro atoms. The Bertz CT molecular complexity index is 424. The van der Waals surface area contributed by atoms with E-state index < -0.39 is 5.97 Å². The number of carbonyl (C=O) groups is 1. The quantitative estimate of drug-likeness (QED) is 0.796. The standard InChI is InChI=1S/C13H21N3O2/c1-3-12-10(8-15(2)14-12)9-16(11-4-5-11)7-6-13(17)18/h8,11H,3-7,9H2,1-2H3,(H,17,18). The molecule has 1 fully saturated rings. The molecule has 0 bridgehead atoms. The van der Waals surface area contributed by atoms with Crippen molar-refractivity contribution in [3.8, 4) is 0 Å². The van der Waals surface area contributed by atoms with E-state index in [1.807, 2.05) is 11.7 Å². The summed E-state index contributed by atoms with van der Waals surface area (Å²) >= 11 is 0. The first-order valence-electron chi connectivity index (χ1n) is 6.57. The average molecular weight is 251 g/mol. The topological polar surface area (TPSA) is 58.4 Å². The van der Waals surface area contributed by atoms with Crippen molar-refractivity contribution in [3.63, 3.8) is 0 Å². The molecule has 100 valence electrons. The number of hydrogen-bond donors (Lipinski definition) is 1. The van der Waals surface area contributed by atoms with Gasteiger partial charge in [-0.05, 0) is 19.3 Å². The van der Waals surface area contributed by atoms with Gasteiger partial charge in [-0.2, -0.15) is 5.10 Å². The predicted molar refractivity (Wildman–Crippen MR) is 68.3 cm³/mol. The number of aliphatic carboxylic acids is 1. The van der Waals surface area contributed by atoms with Gasteiger partial charge in [0.05, 0.1) is 12.1 Å². The number of carboxylic acid groups (broad SMARTS) is 1. The summed E-state index contributed by atoms with van der Waals surface area (Å²) in [5.74, 6) is -0.720. The van der Waals surface area contributed by atoms with Crippen molar-refractivity contribution < 1.29 is 9.90 Å². The molecule has 0 atom stereocenters. The van der Waals surface area contributed by atoms with Crippen LogP contribution in [0.15, 0.2) is 6.20 Å². The molecule has 18 heavy (non-hydrogen) atoms. The molecule has 2 rings (SSSR count). The second-order valence-electron chi connectivity index (χ2n) is 4.97. The number of hydrogen-bond acceptors (Lipinski definition) is 3. The second-order valence-corrected chi connectivity index (χ2v) is 4.97. The third-order valence-corrected chi connectivity index (χ3v) is 3.38. The van der Waals surface area contributed by atoms with Crippen molar-refractivity contribution in [2.45, 2.75) is 45.2 Å². The third-order valence-electron chi connectivity index (χ3n) is 3.38. The molecule has 1 aliphatic rings. The Hall–Kier alpha value is -1.36. The zero-order valence-corrected chi connectivity index (χ0v) is 11.1. The summed E-state index contributed by atoms with van der Waals surface area (Å²) in [6, 6.07) is 0.578. The molecule has 1 N–H and O–H groups in total. The Morgan fingerprint density at radius 1 is 1.61 bits per heavy atom. The number of rotatable bonds is 7. The zero-order chi connectivity index (χ0) is 13.1. The lowest BCUT2D eigenvalue weighted by Crippen LogP contribution is -2.28. The first-order chi connectivity index (χ1) is 8.60. The SMILES string of the molecule is CCc1nn(C)cc1CN(CCC(=O)O)C1CC1. The Balaban J connectivity index is 2.01. The number of carboxylic acids is 1. The van der Waals surface area contributed by atoms with Gasteiger partial charge in [0, 0.05) is 37.9 Å². The van der Waals surface area contributed by atoms with Crippen LogP contribution in [0.5, 0.6) is 0 Å². The van der Waals surface area contributed by atoms with Crippen LogP contribution in [0.4, 0.5) is 0 Å². The summed E-state index contributed by atoms with van der Waals surface area (Å²) in [5, 5.41) is 13.2. The lowest BCUT2D eigenvalue weighted by atomic mass is 10.2. The van der Waals surface area contributed by atoms with Gasteiger partial charge in [-0.1, -0.05) is 6.92 Å². The maximum Gasteiger partial charge on any atom is 0.304 e. The molecule has 1 aliphatic carbocycles. The molecule has 1 aromatic heterocycles. The van der Waals surface area contributed by atoms with Crippen molar-refractivity contribution in [2.75, 3.05) is 6.54 Å². The van der Waals surface area contributed by atoms with Gasteiger partial charge < -0.3 is 5.11 Å². The maximum atomic E-state index is 10.7. The molecule has 1 saturated carbocycles. The number of aromatic nitrogens is 2. The van der Waals surface area contributed by atoms with Crippen molar-refractivity contribution in [1.82, 2.24) is 14.7 Å². The molecule has 0 unspecified atom stereocenters. The summed E-state index contributed by atoms with van der Waals surface area (Å²) < 4.78 is 1.84. The Labute approximate surface area is 107 Å². The van der Waals surface area contributed by atoms with E-state index in [2.05, 4.69) is 23.1 Å². The summed E-state index contributed by atoms with van der Waals surface area (Å²) in [6.07, 6.45) is 5.59. The highest BCUT2D eigenvalue weighted by Crippen LogP contribution is 2.28. The molecule has 0 saturated heterocycles. The summed E-state index contributed by atoms with van der Waals surface area (Å²) in [5.41, 5.74) is 2.36. The van der Waals surface area contributed by atoms with Crippen molar-refractivity contribution in [2.24, 2.45) is 7.05 Å². The molecular formula is C13H21N3O2. The van der Waals surface area contributed by atoms with Crippen molar-refractivity contribution in [3.05, 3.63) is 17.5 Å². The highest BCUT2D eigenvalue weighted by molar-refractivity contribution is 5.66. The zero-order valence-electron chi connectivity index (χ0n) is 11.1. The van der Waals surface area contributed by atoms with Gasteiger partial charge in [0.25, 0.3) is 0 Å². The number of nitrogens with zero attached hydrogens (tertiary/aromatic N) is 3. The maximum absolute atomic E-state index is 10.7. The van der Waals surface area contributed by atoms with E-state index in [1.54, 1.807) is 0 Å². The van der Waals surface area contributed by atoms with Gasteiger partial charge in [-0.25, -0.2) is 0 Å². The van der Waals surface area contributed by atoms with Gasteiger partial charge in [0.2, 0.25) is 0 Å². The first kappa shape index (κ1) is 13.1. The van der Waals surface area contributed by atoms with Crippen LogP contribution < -0.4 is 0 Å². The lowest BCUT2D eigenvalue weighted by molar-refractivity contribution is -0.137. The number of aryl methyl sites for hydroxylation is 2. The van der Waals surface area contributed by atoms with Crippen LogP contribution in [0.3, 0.4) is 0 Å².